The van der Waals surface area contributed by atoms with Gasteiger partial charge in [-0.15, -0.1) is 0 Å². The Hall–Kier alpha value is -1.48. The third kappa shape index (κ3) is 3.34. The number of hydrogen-bond acceptors (Lipinski definition) is 2. The molecule has 0 amide bonds. The standard InChI is InChI=1S/C17H20BrNO/c1-11-5-7-15(13(9-11)17(2,3)4)20-16-8-6-12(18)10-14(16)19/h5-10H,19H2,1-4H3. The zero-order valence-electron chi connectivity index (χ0n) is 12.3. The van der Waals surface area contributed by atoms with Crippen LogP contribution in [0.1, 0.15) is 31.9 Å². The zero-order valence-corrected chi connectivity index (χ0v) is 13.9. The highest BCUT2D eigenvalue weighted by Gasteiger charge is 2.20. The summed E-state index contributed by atoms with van der Waals surface area (Å²) in [5.41, 5.74) is 9.06. The lowest BCUT2D eigenvalue weighted by atomic mass is 9.85. The van der Waals surface area contributed by atoms with Crippen LogP contribution in [0.15, 0.2) is 40.9 Å². The number of hydrogen-bond donors (Lipinski definition) is 1. The molecule has 20 heavy (non-hydrogen) atoms. The zero-order chi connectivity index (χ0) is 14.9. The molecule has 0 saturated heterocycles. The van der Waals surface area contributed by atoms with Gasteiger partial charge < -0.3 is 10.5 Å². The first-order valence-electron chi connectivity index (χ1n) is 6.61. The van der Waals surface area contributed by atoms with E-state index in [2.05, 4.69) is 55.8 Å². The van der Waals surface area contributed by atoms with Crippen LogP contribution in [0.5, 0.6) is 11.5 Å². The molecule has 2 aromatic rings. The summed E-state index contributed by atoms with van der Waals surface area (Å²) >= 11 is 3.40. The lowest BCUT2D eigenvalue weighted by Gasteiger charge is -2.23. The first-order chi connectivity index (χ1) is 9.27. The van der Waals surface area contributed by atoms with Gasteiger partial charge in [0, 0.05) is 10.0 Å². The quantitative estimate of drug-likeness (QED) is 0.743. The third-order valence-corrected chi connectivity index (χ3v) is 3.63. The van der Waals surface area contributed by atoms with E-state index < -0.39 is 0 Å². The molecule has 0 radical (unpaired) electrons. The number of nitrogen functional groups attached to an aromatic ring is 1. The second-order valence-corrected chi connectivity index (χ2v) is 6.95. The Balaban J connectivity index is 2.43. The van der Waals surface area contributed by atoms with Crippen LogP contribution in [-0.4, -0.2) is 0 Å². The first kappa shape index (κ1) is 14.9. The molecule has 0 heterocycles. The smallest absolute Gasteiger partial charge is 0.150 e. The Morgan fingerprint density at radius 2 is 1.65 bits per heavy atom. The fourth-order valence-electron chi connectivity index (χ4n) is 2.05. The van der Waals surface area contributed by atoms with Gasteiger partial charge in [-0.25, -0.2) is 0 Å². The topological polar surface area (TPSA) is 35.2 Å². The number of rotatable bonds is 2. The van der Waals surface area contributed by atoms with Crippen LogP contribution in [0, 0.1) is 6.92 Å². The van der Waals surface area contributed by atoms with Gasteiger partial charge in [-0.3, -0.25) is 0 Å². The third-order valence-electron chi connectivity index (χ3n) is 3.13. The van der Waals surface area contributed by atoms with Crippen molar-refractivity contribution in [2.45, 2.75) is 33.1 Å². The number of benzene rings is 2. The predicted octanol–water partition coefficient (Wildman–Crippen LogP) is 5.43. The molecule has 0 spiro atoms. The summed E-state index contributed by atoms with van der Waals surface area (Å²) in [4.78, 5) is 0. The SMILES string of the molecule is Cc1ccc(Oc2ccc(Br)cc2N)c(C(C)(C)C)c1. The van der Waals surface area contributed by atoms with Crippen LogP contribution < -0.4 is 10.5 Å². The molecule has 0 atom stereocenters. The fourth-order valence-corrected chi connectivity index (χ4v) is 2.43. The van der Waals surface area contributed by atoms with E-state index in [1.165, 1.54) is 11.1 Å². The Kier molecular flexibility index (Phi) is 4.09. The Morgan fingerprint density at radius 3 is 2.25 bits per heavy atom. The second kappa shape index (κ2) is 5.49. The van der Waals surface area contributed by atoms with Crippen LogP contribution in [0.25, 0.3) is 0 Å². The number of ether oxygens (including phenoxy) is 1. The maximum atomic E-state index is 6.03. The van der Waals surface area contributed by atoms with E-state index in [0.717, 1.165) is 10.2 Å². The molecule has 0 aliphatic carbocycles. The summed E-state index contributed by atoms with van der Waals surface area (Å²) in [5, 5.41) is 0. The number of halogens is 1. The van der Waals surface area contributed by atoms with Crippen molar-refractivity contribution in [1.82, 2.24) is 0 Å². The van der Waals surface area contributed by atoms with E-state index in [-0.39, 0.29) is 5.41 Å². The molecule has 0 fully saturated rings. The normalized spacial score (nSPS) is 11.4. The van der Waals surface area contributed by atoms with Crippen molar-refractivity contribution in [1.29, 1.82) is 0 Å². The maximum Gasteiger partial charge on any atom is 0.150 e. The van der Waals surface area contributed by atoms with E-state index in [1.54, 1.807) is 0 Å². The maximum absolute atomic E-state index is 6.03. The Bertz CT molecular complexity index is 629. The van der Waals surface area contributed by atoms with Crippen molar-refractivity contribution in [2.75, 3.05) is 5.73 Å². The largest absolute Gasteiger partial charge is 0.455 e. The molecule has 0 aliphatic heterocycles. The number of anilines is 1. The van der Waals surface area contributed by atoms with Gasteiger partial charge in [0.25, 0.3) is 0 Å². The van der Waals surface area contributed by atoms with Crippen LogP contribution in [0.2, 0.25) is 0 Å². The van der Waals surface area contributed by atoms with Gasteiger partial charge in [-0.2, -0.15) is 0 Å². The highest BCUT2D eigenvalue weighted by Crippen LogP contribution is 2.37. The summed E-state index contributed by atoms with van der Waals surface area (Å²) in [6.07, 6.45) is 0. The Morgan fingerprint density at radius 1 is 1.00 bits per heavy atom. The molecule has 2 rings (SSSR count). The molecule has 2 N–H and O–H groups in total. The average Bonchev–Trinajstić information content (AvgIpc) is 2.33. The minimum absolute atomic E-state index is 0.0193. The van der Waals surface area contributed by atoms with Crippen molar-refractivity contribution in [3.8, 4) is 11.5 Å². The van der Waals surface area contributed by atoms with Crippen molar-refractivity contribution < 1.29 is 4.74 Å². The van der Waals surface area contributed by atoms with Crippen LogP contribution in [0.4, 0.5) is 5.69 Å². The van der Waals surface area contributed by atoms with Gasteiger partial charge >= 0.3 is 0 Å². The fraction of sp³-hybridized carbons (Fsp3) is 0.294. The van der Waals surface area contributed by atoms with Gasteiger partial charge in [0.1, 0.15) is 11.5 Å². The molecule has 0 bridgehead atoms. The molecule has 3 heteroatoms. The van der Waals surface area contributed by atoms with E-state index in [4.69, 9.17) is 10.5 Å². The summed E-state index contributed by atoms with van der Waals surface area (Å²) in [5.74, 6) is 1.54. The Labute approximate surface area is 129 Å². The summed E-state index contributed by atoms with van der Waals surface area (Å²) < 4.78 is 6.98. The lowest BCUT2D eigenvalue weighted by molar-refractivity contribution is 0.457. The molecular formula is C17H20BrNO. The highest BCUT2D eigenvalue weighted by molar-refractivity contribution is 9.10. The minimum atomic E-state index is 0.0193. The van der Waals surface area contributed by atoms with Crippen LogP contribution >= 0.6 is 15.9 Å². The van der Waals surface area contributed by atoms with E-state index in [0.29, 0.717) is 11.4 Å². The molecule has 106 valence electrons. The lowest BCUT2D eigenvalue weighted by Crippen LogP contribution is -2.13. The molecule has 0 aliphatic rings. The summed E-state index contributed by atoms with van der Waals surface area (Å²) in [7, 11) is 0. The number of aryl methyl sites for hydroxylation is 1. The van der Waals surface area contributed by atoms with Crippen LogP contribution in [0.3, 0.4) is 0 Å². The van der Waals surface area contributed by atoms with Crippen molar-refractivity contribution in [3.63, 3.8) is 0 Å². The van der Waals surface area contributed by atoms with Crippen molar-refractivity contribution in [2.24, 2.45) is 0 Å². The predicted molar refractivity (Wildman–Crippen MR) is 88.5 cm³/mol. The highest BCUT2D eigenvalue weighted by atomic mass is 79.9. The van der Waals surface area contributed by atoms with Crippen molar-refractivity contribution >= 4 is 21.6 Å². The van der Waals surface area contributed by atoms with Gasteiger partial charge in [0.05, 0.1) is 5.69 Å². The van der Waals surface area contributed by atoms with Gasteiger partial charge in [-0.05, 0) is 36.6 Å². The van der Waals surface area contributed by atoms with Gasteiger partial charge in [0.15, 0.2) is 0 Å². The number of nitrogens with two attached hydrogens (primary N) is 1. The van der Waals surface area contributed by atoms with E-state index >= 15 is 0 Å². The summed E-state index contributed by atoms with van der Waals surface area (Å²) in [6, 6.07) is 11.9. The molecule has 0 saturated carbocycles. The van der Waals surface area contributed by atoms with Crippen LogP contribution in [-0.2, 0) is 5.41 Å². The second-order valence-electron chi connectivity index (χ2n) is 6.03. The minimum Gasteiger partial charge on any atom is -0.455 e. The molecule has 0 aromatic heterocycles. The molecular weight excluding hydrogens is 314 g/mol. The first-order valence-corrected chi connectivity index (χ1v) is 7.40. The van der Waals surface area contributed by atoms with Gasteiger partial charge in [0.2, 0.25) is 0 Å². The molecule has 0 unspecified atom stereocenters. The van der Waals surface area contributed by atoms with Gasteiger partial charge in [-0.1, -0.05) is 54.4 Å². The molecule has 2 aromatic carbocycles. The molecule has 2 nitrogen and oxygen atoms in total. The van der Waals surface area contributed by atoms with E-state index in [1.807, 2.05) is 24.3 Å². The van der Waals surface area contributed by atoms with E-state index in [9.17, 15) is 0 Å². The summed E-state index contributed by atoms with van der Waals surface area (Å²) in [6.45, 7) is 8.63. The average molecular weight is 334 g/mol. The monoisotopic (exact) mass is 333 g/mol. The van der Waals surface area contributed by atoms with Crippen molar-refractivity contribution in [3.05, 3.63) is 52.0 Å².